The summed E-state index contributed by atoms with van der Waals surface area (Å²) in [6, 6.07) is -0.339. The number of hydrogen-bond donors (Lipinski definition) is 2. The van der Waals surface area contributed by atoms with Crippen molar-refractivity contribution in [2.45, 2.75) is 52.6 Å². The molecule has 1 atom stereocenters. The fourth-order valence-corrected chi connectivity index (χ4v) is 1.27. The van der Waals surface area contributed by atoms with Gasteiger partial charge < -0.3 is 15.4 Å². The zero-order valence-corrected chi connectivity index (χ0v) is 11.0. The van der Waals surface area contributed by atoms with E-state index in [2.05, 4.69) is 10.6 Å². The van der Waals surface area contributed by atoms with Crippen LogP contribution in [0.5, 0.6) is 0 Å². The van der Waals surface area contributed by atoms with Crippen LogP contribution in [0.3, 0.4) is 0 Å². The van der Waals surface area contributed by atoms with E-state index >= 15 is 0 Å². The van der Waals surface area contributed by atoms with Gasteiger partial charge in [0.05, 0.1) is 12.6 Å². The molecule has 5 nitrogen and oxygen atoms in total. The number of carbonyl (C=O) groups excluding carboxylic acids is 3. The summed E-state index contributed by atoms with van der Waals surface area (Å²) in [5.41, 5.74) is 0. The maximum absolute atomic E-state index is 11.5. The Balaban J connectivity index is 4.11. The number of rotatable bonds is 8. The monoisotopic (exact) mass is 242 g/mol. The summed E-state index contributed by atoms with van der Waals surface area (Å²) in [6.45, 7) is 6.94. The molecule has 0 heterocycles. The van der Waals surface area contributed by atoms with Crippen molar-refractivity contribution in [1.29, 1.82) is 0 Å². The third-order valence-electron chi connectivity index (χ3n) is 2.28. The second-order valence-corrected chi connectivity index (χ2v) is 4.51. The lowest BCUT2D eigenvalue weighted by atomic mass is 10.1. The van der Waals surface area contributed by atoms with Gasteiger partial charge in [-0.05, 0) is 20.3 Å². The summed E-state index contributed by atoms with van der Waals surface area (Å²) in [5, 5.41) is 5.59. The lowest BCUT2D eigenvalue weighted by Crippen LogP contribution is -2.45. The van der Waals surface area contributed by atoms with E-state index in [9.17, 15) is 14.4 Å². The van der Waals surface area contributed by atoms with Crippen LogP contribution in [0.15, 0.2) is 0 Å². The van der Waals surface area contributed by atoms with Crippen LogP contribution in [-0.4, -0.2) is 36.1 Å². The maximum Gasteiger partial charge on any atom is 0.234 e. The molecule has 0 aromatic heterocycles. The zero-order valence-electron chi connectivity index (χ0n) is 11.0. The molecule has 5 heteroatoms. The van der Waals surface area contributed by atoms with Gasteiger partial charge in [0.1, 0.15) is 5.78 Å². The Bertz CT molecular complexity index is 287. The van der Waals surface area contributed by atoms with E-state index in [-0.39, 0.29) is 30.1 Å². The van der Waals surface area contributed by atoms with Gasteiger partial charge in [0.15, 0.2) is 5.78 Å². The highest BCUT2D eigenvalue weighted by Crippen LogP contribution is 1.99. The molecule has 17 heavy (non-hydrogen) atoms. The van der Waals surface area contributed by atoms with Crippen molar-refractivity contribution in [3.05, 3.63) is 0 Å². The van der Waals surface area contributed by atoms with E-state index in [1.54, 1.807) is 0 Å². The van der Waals surface area contributed by atoms with Crippen LogP contribution in [0.1, 0.15) is 40.5 Å². The first-order chi connectivity index (χ1) is 7.82. The number of carbonyl (C=O) groups is 3. The van der Waals surface area contributed by atoms with Crippen LogP contribution >= 0.6 is 0 Å². The van der Waals surface area contributed by atoms with Crippen molar-refractivity contribution in [1.82, 2.24) is 10.6 Å². The Morgan fingerprint density at radius 1 is 1.12 bits per heavy atom. The lowest BCUT2D eigenvalue weighted by molar-refractivity contribution is -0.127. The first kappa shape index (κ1) is 15.8. The fraction of sp³-hybridized carbons (Fsp3) is 0.750. The SMILES string of the molecule is CC(=O)CCC(NC(=O)CNC(C)C)C(C)=O. The highest BCUT2D eigenvalue weighted by molar-refractivity contribution is 5.88. The van der Waals surface area contributed by atoms with E-state index in [4.69, 9.17) is 0 Å². The van der Waals surface area contributed by atoms with E-state index < -0.39 is 6.04 Å². The molecule has 1 unspecified atom stereocenters. The van der Waals surface area contributed by atoms with Crippen molar-refractivity contribution >= 4 is 17.5 Å². The molecule has 0 rings (SSSR count). The highest BCUT2D eigenvalue weighted by atomic mass is 16.2. The molecule has 0 saturated carbocycles. The van der Waals surface area contributed by atoms with E-state index in [1.807, 2.05) is 13.8 Å². The molecule has 0 saturated heterocycles. The number of ketones is 2. The van der Waals surface area contributed by atoms with Crippen LogP contribution in [0.2, 0.25) is 0 Å². The van der Waals surface area contributed by atoms with Gasteiger partial charge in [0.2, 0.25) is 5.91 Å². The molecule has 0 bridgehead atoms. The van der Waals surface area contributed by atoms with Gasteiger partial charge >= 0.3 is 0 Å². The normalized spacial score (nSPS) is 12.3. The lowest BCUT2D eigenvalue weighted by Gasteiger charge is -2.16. The largest absolute Gasteiger partial charge is 0.345 e. The maximum atomic E-state index is 11.5. The average molecular weight is 242 g/mol. The third-order valence-corrected chi connectivity index (χ3v) is 2.28. The Morgan fingerprint density at radius 3 is 2.12 bits per heavy atom. The summed E-state index contributed by atoms with van der Waals surface area (Å²) in [5.74, 6) is -0.322. The predicted octanol–water partition coefficient (Wildman–Crippen LogP) is 0.427. The van der Waals surface area contributed by atoms with Gasteiger partial charge in [-0.2, -0.15) is 0 Å². The van der Waals surface area contributed by atoms with Crippen molar-refractivity contribution < 1.29 is 14.4 Å². The minimum atomic E-state index is -0.555. The standard InChI is InChI=1S/C12H22N2O3/c1-8(2)13-7-12(17)14-11(10(4)16)6-5-9(3)15/h8,11,13H,5-7H2,1-4H3,(H,14,17). The Kier molecular flexibility index (Phi) is 7.37. The zero-order chi connectivity index (χ0) is 13.4. The van der Waals surface area contributed by atoms with Crippen LogP contribution in [0, 0.1) is 0 Å². The Morgan fingerprint density at radius 2 is 1.71 bits per heavy atom. The van der Waals surface area contributed by atoms with Crippen LogP contribution in [0.25, 0.3) is 0 Å². The van der Waals surface area contributed by atoms with Gasteiger partial charge in [0.25, 0.3) is 0 Å². The summed E-state index contributed by atoms with van der Waals surface area (Å²) in [7, 11) is 0. The van der Waals surface area contributed by atoms with E-state index in [0.29, 0.717) is 12.8 Å². The van der Waals surface area contributed by atoms with Crippen LogP contribution in [-0.2, 0) is 14.4 Å². The molecule has 0 radical (unpaired) electrons. The van der Waals surface area contributed by atoms with E-state index in [0.717, 1.165) is 0 Å². The van der Waals surface area contributed by atoms with Crippen molar-refractivity contribution in [2.24, 2.45) is 0 Å². The number of amides is 1. The average Bonchev–Trinajstić information content (AvgIpc) is 2.20. The Labute approximate surface area is 102 Å². The molecule has 0 aromatic carbocycles. The molecule has 0 fully saturated rings. The molecule has 0 aromatic rings. The quantitative estimate of drug-likeness (QED) is 0.647. The predicted molar refractivity (Wildman–Crippen MR) is 65.7 cm³/mol. The molecule has 0 spiro atoms. The minimum absolute atomic E-state index is 0.0193. The van der Waals surface area contributed by atoms with Crippen LogP contribution < -0.4 is 10.6 Å². The van der Waals surface area contributed by atoms with Gasteiger partial charge in [-0.15, -0.1) is 0 Å². The number of Topliss-reactive ketones (excluding diaryl/α,β-unsaturated/α-hetero) is 2. The molecule has 98 valence electrons. The summed E-state index contributed by atoms with van der Waals surface area (Å²) in [4.78, 5) is 33.6. The number of nitrogens with one attached hydrogen (secondary N) is 2. The molecule has 1 amide bonds. The first-order valence-electron chi connectivity index (χ1n) is 5.85. The second-order valence-electron chi connectivity index (χ2n) is 4.51. The van der Waals surface area contributed by atoms with Crippen LogP contribution in [0.4, 0.5) is 0 Å². The highest BCUT2D eigenvalue weighted by Gasteiger charge is 2.17. The van der Waals surface area contributed by atoms with Gasteiger partial charge in [-0.3, -0.25) is 9.59 Å². The van der Waals surface area contributed by atoms with Crippen molar-refractivity contribution in [3.63, 3.8) is 0 Å². The topological polar surface area (TPSA) is 75.3 Å². The molecule has 2 N–H and O–H groups in total. The smallest absolute Gasteiger partial charge is 0.234 e. The molecule has 0 aliphatic rings. The summed E-state index contributed by atoms with van der Waals surface area (Å²) in [6.07, 6.45) is 0.681. The third kappa shape index (κ3) is 8.56. The molecular weight excluding hydrogens is 220 g/mol. The van der Waals surface area contributed by atoms with Crippen molar-refractivity contribution in [2.75, 3.05) is 6.54 Å². The summed E-state index contributed by atoms with van der Waals surface area (Å²) >= 11 is 0. The first-order valence-corrected chi connectivity index (χ1v) is 5.85. The van der Waals surface area contributed by atoms with Gasteiger partial charge in [-0.1, -0.05) is 13.8 Å². The van der Waals surface area contributed by atoms with Gasteiger partial charge in [0, 0.05) is 12.5 Å². The molecule has 0 aliphatic heterocycles. The molecule has 0 aliphatic carbocycles. The van der Waals surface area contributed by atoms with E-state index in [1.165, 1.54) is 13.8 Å². The number of hydrogen-bond acceptors (Lipinski definition) is 4. The van der Waals surface area contributed by atoms with Crippen molar-refractivity contribution in [3.8, 4) is 0 Å². The fourth-order valence-electron chi connectivity index (χ4n) is 1.27. The Hall–Kier alpha value is -1.23. The minimum Gasteiger partial charge on any atom is -0.345 e. The molecular formula is C12H22N2O3. The second kappa shape index (κ2) is 7.95. The van der Waals surface area contributed by atoms with Gasteiger partial charge in [-0.25, -0.2) is 0 Å². The summed E-state index contributed by atoms with van der Waals surface area (Å²) < 4.78 is 0.